The molecule has 0 atom stereocenters. The van der Waals surface area contributed by atoms with Crippen molar-refractivity contribution >= 4 is 11.9 Å². The van der Waals surface area contributed by atoms with E-state index in [-0.39, 0.29) is 26.1 Å². The Bertz CT molecular complexity index is 1560. The average molecular weight is 823 g/mol. The van der Waals surface area contributed by atoms with Gasteiger partial charge >= 0.3 is 24.3 Å². The van der Waals surface area contributed by atoms with Crippen molar-refractivity contribution < 1.29 is 64.4 Å². The summed E-state index contributed by atoms with van der Waals surface area (Å²) in [6.07, 6.45) is -0.442. The molecule has 0 aliphatic heterocycles. The van der Waals surface area contributed by atoms with Crippen LogP contribution in [0.25, 0.3) is 0 Å². The van der Waals surface area contributed by atoms with Crippen LogP contribution in [0.4, 0.5) is 26.3 Å². The lowest BCUT2D eigenvalue weighted by Gasteiger charge is -2.22. The first kappa shape index (κ1) is 47.2. The molecule has 0 aliphatic carbocycles. The van der Waals surface area contributed by atoms with Gasteiger partial charge in [-0.3, -0.25) is 0 Å². The van der Waals surface area contributed by atoms with Crippen LogP contribution in [0.2, 0.25) is 0 Å². The summed E-state index contributed by atoms with van der Waals surface area (Å²) >= 11 is 0. The zero-order valence-corrected chi connectivity index (χ0v) is 32.6. The monoisotopic (exact) mass is 822 g/mol. The molecule has 8 nitrogen and oxygen atoms in total. The largest absolute Gasteiger partial charge is 0.494 e. The summed E-state index contributed by atoms with van der Waals surface area (Å²) in [6.45, 7) is 7.88. The van der Waals surface area contributed by atoms with Crippen molar-refractivity contribution in [2.75, 3.05) is 39.6 Å². The van der Waals surface area contributed by atoms with Gasteiger partial charge in [0.15, 0.2) is 0 Å². The fraction of sp³-hybridized carbons (Fsp3) is 0.455. The van der Waals surface area contributed by atoms with Crippen LogP contribution in [-0.4, -0.2) is 51.6 Å². The minimum Gasteiger partial charge on any atom is -0.494 e. The highest BCUT2D eigenvalue weighted by atomic mass is 19.4. The molecule has 0 fully saturated rings. The van der Waals surface area contributed by atoms with Crippen LogP contribution in [0, 0.1) is 0 Å². The normalized spacial score (nSPS) is 11.4. The summed E-state index contributed by atoms with van der Waals surface area (Å²) < 4.78 is 117. The van der Waals surface area contributed by atoms with E-state index in [9.17, 15) is 35.9 Å². The Labute approximate surface area is 336 Å². The van der Waals surface area contributed by atoms with Gasteiger partial charge in [-0.25, -0.2) is 9.59 Å². The molecule has 0 saturated carbocycles. The molecule has 3 rings (SSSR count). The zero-order chi connectivity index (χ0) is 42.2. The number of rotatable bonds is 28. The van der Waals surface area contributed by atoms with Crippen LogP contribution >= 0.6 is 0 Å². The number of aryl methyl sites for hydroxylation is 2. The Hall–Kier alpha value is -5.14. The summed E-state index contributed by atoms with van der Waals surface area (Å²) in [7, 11) is 0. The van der Waals surface area contributed by atoms with E-state index < -0.39 is 46.9 Å². The molecule has 0 heterocycles. The molecule has 3 aromatic rings. The van der Waals surface area contributed by atoms with Gasteiger partial charge in [0.25, 0.3) is 0 Å². The number of hydrogen-bond acceptors (Lipinski definition) is 8. The summed E-state index contributed by atoms with van der Waals surface area (Å²) in [6, 6.07) is 16.1. The van der Waals surface area contributed by atoms with Gasteiger partial charge in [-0.05, 0) is 125 Å². The van der Waals surface area contributed by atoms with E-state index in [0.29, 0.717) is 50.8 Å². The lowest BCUT2D eigenvalue weighted by molar-refractivity contribution is -0.164. The van der Waals surface area contributed by atoms with Crippen LogP contribution in [0.5, 0.6) is 23.0 Å². The van der Waals surface area contributed by atoms with Crippen LogP contribution in [-0.2, 0) is 44.3 Å². The molecule has 3 aromatic carbocycles. The third-order valence-electron chi connectivity index (χ3n) is 8.71. The maximum Gasteiger partial charge on any atom is 0.420 e. The lowest BCUT2D eigenvalue weighted by Crippen LogP contribution is -2.20. The number of hydrogen-bond donors (Lipinski definition) is 0. The molecule has 58 heavy (non-hydrogen) atoms. The first-order chi connectivity index (χ1) is 27.8. The fourth-order valence-corrected chi connectivity index (χ4v) is 5.75. The molecule has 0 aliphatic rings. The second kappa shape index (κ2) is 25.3. The van der Waals surface area contributed by atoms with Crippen LogP contribution in [0.3, 0.4) is 0 Å². The van der Waals surface area contributed by atoms with Gasteiger partial charge in [0.2, 0.25) is 0 Å². The third kappa shape index (κ3) is 18.0. The highest BCUT2D eigenvalue weighted by Gasteiger charge is 2.48. The van der Waals surface area contributed by atoms with E-state index in [1.807, 2.05) is 24.3 Å². The lowest BCUT2D eigenvalue weighted by atomic mass is 10.0. The van der Waals surface area contributed by atoms with Crippen molar-refractivity contribution in [1.29, 1.82) is 0 Å². The maximum atomic E-state index is 14.2. The highest BCUT2D eigenvalue weighted by molar-refractivity contribution is 5.81. The van der Waals surface area contributed by atoms with Gasteiger partial charge in [0.05, 0.1) is 39.6 Å². The van der Waals surface area contributed by atoms with E-state index in [4.69, 9.17) is 28.4 Å². The number of esters is 2. The second-order valence-electron chi connectivity index (χ2n) is 13.3. The Morgan fingerprint density at radius 3 is 1.10 bits per heavy atom. The standard InChI is InChI=1S/C44H52F6O8/c1-3-39(51)57-29-11-7-5-9-27-53-35-21-17-33(18-22-35)15-13-31-55-37-25-26-38(42(44(48,49)50)41(37)43(45,46)47)56-32-14-16-34-19-23-36(24-20-34)54-28-10-6-8-12-30-58-40(52)4-2/h3-4,17-26H,1-2,5-16,27-32H2. The molecule has 0 aromatic heterocycles. The Morgan fingerprint density at radius 2 is 0.776 bits per heavy atom. The first-order valence-corrected chi connectivity index (χ1v) is 19.4. The molecule has 14 heteroatoms. The highest BCUT2D eigenvalue weighted by Crippen LogP contribution is 2.49. The molecular weight excluding hydrogens is 770 g/mol. The summed E-state index contributed by atoms with van der Waals surface area (Å²) in [5.74, 6) is -1.41. The zero-order valence-electron chi connectivity index (χ0n) is 32.6. The second-order valence-corrected chi connectivity index (χ2v) is 13.3. The van der Waals surface area contributed by atoms with Gasteiger partial charge < -0.3 is 28.4 Å². The van der Waals surface area contributed by atoms with E-state index in [1.165, 1.54) is 0 Å². The predicted octanol–water partition coefficient (Wildman–Crippen LogP) is 11.1. The van der Waals surface area contributed by atoms with Crippen LogP contribution in [0.1, 0.15) is 86.5 Å². The van der Waals surface area contributed by atoms with E-state index >= 15 is 0 Å². The Kier molecular flexibility index (Phi) is 20.6. The number of carbonyl (C=O) groups is 2. The summed E-state index contributed by atoms with van der Waals surface area (Å²) in [5.41, 5.74) is -2.12. The van der Waals surface area contributed by atoms with E-state index in [2.05, 4.69) is 13.2 Å². The first-order valence-electron chi connectivity index (χ1n) is 19.4. The maximum absolute atomic E-state index is 14.2. The molecule has 0 bridgehead atoms. The van der Waals surface area contributed by atoms with Gasteiger partial charge in [-0.15, -0.1) is 0 Å². The molecule has 0 saturated heterocycles. The topological polar surface area (TPSA) is 89.5 Å². The molecular formula is C44H52F6O8. The fourth-order valence-electron chi connectivity index (χ4n) is 5.75. The number of carbonyl (C=O) groups excluding carboxylic acids is 2. The Balaban J connectivity index is 1.43. The quantitative estimate of drug-likeness (QED) is 0.0310. The van der Waals surface area contributed by atoms with Gasteiger partial charge in [-0.1, -0.05) is 37.4 Å². The molecule has 318 valence electrons. The van der Waals surface area contributed by atoms with Crippen molar-refractivity contribution in [2.45, 2.75) is 89.4 Å². The van der Waals surface area contributed by atoms with Crippen LogP contribution < -0.4 is 18.9 Å². The molecule has 0 N–H and O–H groups in total. The van der Waals surface area contributed by atoms with Crippen molar-refractivity contribution in [3.8, 4) is 23.0 Å². The number of halogens is 6. The summed E-state index contributed by atoms with van der Waals surface area (Å²) in [4.78, 5) is 22.0. The van der Waals surface area contributed by atoms with Crippen molar-refractivity contribution in [3.05, 3.63) is 108 Å². The van der Waals surface area contributed by atoms with Crippen molar-refractivity contribution in [2.24, 2.45) is 0 Å². The average Bonchev–Trinajstić information content (AvgIpc) is 3.20. The van der Waals surface area contributed by atoms with Gasteiger partial charge in [-0.2, -0.15) is 26.3 Å². The molecule has 0 unspecified atom stereocenters. The summed E-state index contributed by atoms with van der Waals surface area (Å²) in [5, 5.41) is 0. The minimum atomic E-state index is -5.36. The number of benzene rings is 3. The van der Waals surface area contributed by atoms with Gasteiger partial charge in [0, 0.05) is 12.2 Å². The van der Waals surface area contributed by atoms with Crippen LogP contribution in [0.15, 0.2) is 86.0 Å². The number of unbranched alkanes of at least 4 members (excludes halogenated alkanes) is 6. The molecule has 0 radical (unpaired) electrons. The molecule has 0 amide bonds. The smallest absolute Gasteiger partial charge is 0.420 e. The predicted molar refractivity (Wildman–Crippen MR) is 207 cm³/mol. The van der Waals surface area contributed by atoms with E-state index in [0.717, 1.165) is 86.8 Å². The number of ether oxygens (including phenoxy) is 6. The molecule has 0 spiro atoms. The van der Waals surface area contributed by atoms with Gasteiger partial charge in [0.1, 0.15) is 34.1 Å². The number of alkyl halides is 6. The van der Waals surface area contributed by atoms with Crippen molar-refractivity contribution in [3.63, 3.8) is 0 Å². The Morgan fingerprint density at radius 1 is 0.448 bits per heavy atom. The van der Waals surface area contributed by atoms with Crippen molar-refractivity contribution in [1.82, 2.24) is 0 Å². The third-order valence-corrected chi connectivity index (χ3v) is 8.71. The SMILES string of the molecule is C=CC(=O)OCCCCCCOc1ccc(CCCOc2ccc(OCCCc3ccc(OCCCCCCOC(=O)C=C)cc3)c(C(F)(F)F)c2C(F)(F)F)cc1. The minimum absolute atomic E-state index is 0.244. The van der Waals surface area contributed by atoms with E-state index in [1.54, 1.807) is 24.3 Å².